The smallest absolute Gasteiger partial charge is 0.138 e. The van der Waals surface area contributed by atoms with Crippen molar-refractivity contribution < 1.29 is 9.84 Å². The van der Waals surface area contributed by atoms with Crippen molar-refractivity contribution in [3.63, 3.8) is 0 Å². The maximum Gasteiger partial charge on any atom is 0.138 e. The molecule has 0 radical (unpaired) electrons. The van der Waals surface area contributed by atoms with Crippen molar-refractivity contribution in [1.82, 2.24) is 0 Å². The van der Waals surface area contributed by atoms with Crippen molar-refractivity contribution in [1.29, 1.82) is 0 Å². The molecule has 0 saturated heterocycles. The number of hydrogen-bond donors (Lipinski definition) is 1. The maximum atomic E-state index is 9.33. The van der Waals surface area contributed by atoms with Crippen molar-refractivity contribution >= 4 is 77.6 Å². The van der Waals surface area contributed by atoms with E-state index in [0.717, 1.165) is 21.0 Å². The van der Waals surface area contributed by atoms with Gasteiger partial charge < -0.3 is 9.84 Å². The lowest BCUT2D eigenvalue weighted by Crippen LogP contribution is -1.98. The number of phenols is 1. The molecule has 4 rings (SSSR count). The zero-order chi connectivity index (χ0) is 19.6. The number of thiophene rings is 2. The third-order valence-corrected chi connectivity index (χ3v) is 7.04. The maximum absolute atomic E-state index is 9.33. The van der Waals surface area contributed by atoms with Gasteiger partial charge in [-0.2, -0.15) is 0 Å². The first kappa shape index (κ1) is 20.6. The third kappa shape index (κ3) is 4.30. The summed E-state index contributed by atoms with van der Waals surface area (Å²) in [5, 5.41) is 16.7. The van der Waals surface area contributed by atoms with E-state index in [1.807, 2.05) is 30.5 Å². The van der Waals surface area contributed by atoms with Crippen LogP contribution in [0.3, 0.4) is 0 Å². The second-order valence-corrected chi connectivity index (χ2v) is 8.85. The molecule has 142 valence electrons. The van der Waals surface area contributed by atoms with Crippen LogP contribution >= 0.6 is 57.5 Å². The molecule has 27 heavy (non-hydrogen) atoms. The van der Waals surface area contributed by atoms with Crippen LogP contribution < -0.4 is 4.74 Å². The molecule has 0 aliphatic carbocycles. The molecule has 2 aromatic carbocycles. The minimum absolute atomic E-state index is 0.158. The lowest BCUT2D eigenvalue weighted by atomic mass is 10.2. The molecule has 0 fully saturated rings. The number of halogens is 3. The first-order chi connectivity index (χ1) is 12.9. The Balaban J connectivity index is 0.000000159. The number of ether oxygens (including phenoxy) is 1. The molecular weight excluding hydrogens is 443 g/mol. The molecule has 0 bridgehead atoms. The van der Waals surface area contributed by atoms with Gasteiger partial charge in [0.15, 0.2) is 0 Å². The van der Waals surface area contributed by atoms with Crippen molar-refractivity contribution in [3.05, 3.63) is 56.2 Å². The average Bonchev–Trinajstić information content (AvgIpc) is 3.22. The van der Waals surface area contributed by atoms with E-state index < -0.39 is 0 Å². The average molecular weight is 460 g/mol. The van der Waals surface area contributed by atoms with E-state index in [1.165, 1.54) is 10.3 Å². The monoisotopic (exact) mass is 458 g/mol. The normalized spacial score (nSPS) is 10.9. The van der Waals surface area contributed by atoms with Crippen LogP contribution in [-0.4, -0.2) is 17.6 Å². The summed E-state index contributed by atoms with van der Waals surface area (Å²) < 4.78 is 7.77. The molecule has 2 aromatic heterocycles. The summed E-state index contributed by atoms with van der Waals surface area (Å²) in [6.07, 6.45) is 0. The van der Waals surface area contributed by atoms with Crippen molar-refractivity contribution in [2.75, 3.05) is 12.5 Å². The van der Waals surface area contributed by atoms with Crippen LogP contribution in [0, 0.1) is 13.8 Å². The van der Waals surface area contributed by atoms with Gasteiger partial charge >= 0.3 is 0 Å². The van der Waals surface area contributed by atoms with Gasteiger partial charge in [0.25, 0.3) is 0 Å². The van der Waals surface area contributed by atoms with E-state index in [1.54, 1.807) is 28.7 Å². The number of rotatable bonds is 3. The van der Waals surface area contributed by atoms with Crippen molar-refractivity contribution in [2.24, 2.45) is 0 Å². The summed E-state index contributed by atoms with van der Waals surface area (Å²) in [5.74, 6) is 1.34. The van der Waals surface area contributed by atoms with Gasteiger partial charge in [0.1, 0.15) is 18.1 Å². The van der Waals surface area contributed by atoms with E-state index in [2.05, 4.69) is 12.3 Å². The molecule has 0 saturated carbocycles. The first-order valence-corrected chi connectivity index (χ1v) is 11.2. The van der Waals surface area contributed by atoms with Crippen LogP contribution in [0.5, 0.6) is 11.5 Å². The van der Waals surface area contributed by atoms with Crippen LogP contribution in [0.15, 0.2) is 35.0 Å². The third-order valence-electron chi connectivity index (χ3n) is 4.00. The highest BCUT2D eigenvalue weighted by atomic mass is 35.5. The van der Waals surface area contributed by atoms with Crippen molar-refractivity contribution in [3.8, 4) is 11.5 Å². The van der Waals surface area contributed by atoms with Crippen LogP contribution in [0.1, 0.15) is 11.1 Å². The Morgan fingerprint density at radius 3 is 2.04 bits per heavy atom. The summed E-state index contributed by atoms with van der Waals surface area (Å²) in [6.45, 7) is 4.52. The molecular formula is C20H17Cl3O2S2. The van der Waals surface area contributed by atoms with E-state index in [0.29, 0.717) is 28.3 Å². The van der Waals surface area contributed by atoms with E-state index in [4.69, 9.17) is 39.5 Å². The van der Waals surface area contributed by atoms with Gasteiger partial charge in [0, 0.05) is 20.2 Å². The molecule has 2 nitrogen and oxygen atoms in total. The van der Waals surface area contributed by atoms with Gasteiger partial charge in [-0.25, -0.2) is 0 Å². The number of phenolic OH excluding ortho intramolecular Hbond substituents is 1. The Bertz CT molecular complexity index is 1090. The molecule has 0 spiro atoms. The second kappa shape index (κ2) is 8.89. The minimum atomic E-state index is 0.158. The topological polar surface area (TPSA) is 29.5 Å². The van der Waals surface area contributed by atoms with Gasteiger partial charge in [0.05, 0.1) is 15.9 Å². The van der Waals surface area contributed by atoms with E-state index >= 15 is 0 Å². The predicted octanol–water partition coefficient (Wildman–Crippen LogP) is 8.05. The number of alkyl halides is 1. The fourth-order valence-corrected chi connectivity index (χ4v) is 5.47. The highest BCUT2D eigenvalue weighted by Gasteiger charge is 2.10. The molecule has 0 unspecified atom stereocenters. The molecule has 1 N–H and O–H groups in total. The molecule has 7 heteroatoms. The van der Waals surface area contributed by atoms with E-state index in [9.17, 15) is 5.11 Å². The lowest BCUT2D eigenvalue weighted by molar-refractivity contribution is 0.343. The van der Waals surface area contributed by atoms with Crippen LogP contribution in [0.25, 0.3) is 20.2 Å². The number of fused-ring (bicyclic) bond motifs is 2. The summed E-state index contributed by atoms with van der Waals surface area (Å²) >= 11 is 21.1. The molecule has 4 aromatic rings. The number of aryl methyl sites for hydroxylation is 2. The van der Waals surface area contributed by atoms with Gasteiger partial charge in [-0.1, -0.05) is 23.2 Å². The lowest BCUT2D eigenvalue weighted by Gasteiger charge is -2.07. The van der Waals surface area contributed by atoms with Gasteiger partial charge in [-0.15, -0.1) is 34.3 Å². The first-order valence-electron chi connectivity index (χ1n) is 8.14. The number of aromatic hydroxyl groups is 1. The summed E-state index contributed by atoms with van der Waals surface area (Å²) in [6, 6.07) is 7.43. The SMILES string of the molecule is Cc1csc2ccc(O)c(Cl)c12.Cc1csc2ccc(OCCCl)c(Cl)c12. The van der Waals surface area contributed by atoms with Crippen molar-refractivity contribution in [2.45, 2.75) is 13.8 Å². The Kier molecular flexibility index (Phi) is 6.77. The molecule has 0 aliphatic rings. The zero-order valence-corrected chi connectivity index (χ0v) is 18.6. The van der Waals surface area contributed by atoms with Crippen LogP contribution in [0.2, 0.25) is 10.0 Å². The fraction of sp³-hybridized carbons (Fsp3) is 0.200. The molecule has 0 amide bonds. The summed E-state index contributed by atoms with van der Waals surface area (Å²) in [7, 11) is 0. The van der Waals surface area contributed by atoms with Gasteiger partial charge in [0.2, 0.25) is 0 Å². The molecule has 0 atom stereocenters. The highest BCUT2D eigenvalue weighted by Crippen LogP contribution is 2.38. The Hall–Kier alpha value is -1.17. The Morgan fingerprint density at radius 2 is 1.44 bits per heavy atom. The van der Waals surface area contributed by atoms with E-state index in [-0.39, 0.29) is 5.75 Å². The molecule has 2 heterocycles. The second-order valence-electron chi connectivity index (χ2n) is 5.90. The zero-order valence-electron chi connectivity index (χ0n) is 14.7. The molecule has 0 aliphatic heterocycles. The summed E-state index contributed by atoms with van der Waals surface area (Å²) in [4.78, 5) is 0. The Labute approximate surface area is 180 Å². The van der Waals surface area contributed by atoms with Gasteiger partial charge in [-0.05, 0) is 60.0 Å². The quantitative estimate of drug-likeness (QED) is 0.314. The Morgan fingerprint density at radius 1 is 0.889 bits per heavy atom. The minimum Gasteiger partial charge on any atom is -0.506 e. The van der Waals surface area contributed by atoms with Crippen LogP contribution in [-0.2, 0) is 0 Å². The van der Waals surface area contributed by atoms with Gasteiger partial charge in [-0.3, -0.25) is 0 Å². The largest absolute Gasteiger partial charge is 0.506 e. The highest BCUT2D eigenvalue weighted by molar-refractivity contribution is 7.17. The number of hydrogen-bond acceptors (Lipinski definition) is 4. The predicted molar refractivity (Wildman–Crippen MR) is 121 cm³/mol. The fourth-order valence-electron chi connectivity index (χ4n) is 2.70. The standard InChI is InChI=1S/C11H10Cl2OS.C9H7ClOS/c1-7-6-15-9-3-2-8(14-5-4-12)11(13)10(7)9;1-5-4-12-7-3-2-6(11)9(10)8(5)7/h2-3,6H,4-5H2,1H3;2-4,11H,1H3. The van der Waals surface area contributed by atoms with Crippen LogP contribution in [0.4, 0.5) is 0 Å². The number of benzene rings is 2. The summed E-state index contributed by atoms with van der Waals surface area (Å²) in [5.41, 5.74) is 2.31.